The molecule has 0 bridgehead atoms. The van der Waals surface area contributed by atoms with Crippen LogP contribution in [0.4, 0.5) is 0 Å². The predicted molar refractivity (Wildman–Crippen MR) is 94.5 cm³/mol. The second-order valence-corrected chi connectivity index (χ2v) is 8.13. The second kappa shape index (κ2) is 7.40. The smallest absolute Gasteiger partial charge is 0.309 e. The molecule has 3 N–H and O–H groups in total. The van der Waals surface area contributed by atoms with Gasteiger partial charge in [-0.05, 0) is 68.3 Å². The molecule has 0 aromatic rings. The molecule has 2 rings (SSSR count). The Bertz CT molecular complexity index is 524. The minimum atomic E-state index is -0.666. The van der Waals surface area contributed by atoms with Crippen LogP contribution in [-0.2, 0) is 4.79 Å². The zero-order chi connectivity index (χ0) is 18.0. The molecule has 2 aliphatic carbocycles. The average molecular weight is 336 g/mol. The summed E-state index contributed by atoms with van der Waals surface area (Å²) < 4.78 is 0. The normalized spacial score (nSPS) is 37.2. The molecule has 2 fully saturated rings. The van der Waals surface area contributed by atoms with Crippen LogP contribution in [0.1, 0.15) is 58.8 Å². The summed E-state index contributed by atoms with van der Waals surface area (Å²) >= 11 is 0. The molecule has 0 unspecified atom stereocenters. The van der Waals surface area contributed by atoms with Crippen LogP contribution in [-0.4, -0.2) is 34.5 Å². The van der Waals surface area contributed by atoms with Gasteiger partial charge in [-0.25, -0.2) is 0 Å². The van der Waals surface area contributed by atoms with Crippen molar-refractivity contribution in [3.05, 3.63) is 23.8 Å². The van der Waals surface area contributed by atoms with E-state index in [1.807, 2.05) is 6.92 Å². The SMILES string of the molecule is C=C1CC[C@H]2[C@@](C)(CCC[C@]2(C)C(=O)O)[C@@H]1CC/C(=C/CO)CO. The number of hydrogen-bond acceptors (Lipinski definition) is 3. The highest BCUT2D eigenvalue weighted by Gasteiger charge is 2.57. The van der Waals surface area contributed by atoms with Gasteiger partial charge in [0.15, 0.2) is 0 Å². The number of rotatable bonds is 6. The number of aliphatic carboxylic acids is 1. The maximum absolute atomic E-state index is 12.0. The fraction of sp³-hybridized carbons (Fsp3) is 0.750. The fourth-order valence-electron chi connectivity index (χ4n) is 5.44. The molecular formula is C20H32O4. The molecule has 136 valence electrons. The number of allylic oxidation sites excluding steroid dienone is 1. The number of carboxylic acids is 1. The lowest BCUT2D eigenvalue weighted by molar-refractivity contribution is -0.164. The van der Waals surface area contributed by atoms with Gasteiger partial charge in [0.05, 0.1) is 18.6 Å². The van der Waals surface area contributed by atoms with Gasteiger partial charge in [0, 0.05) is 0 Å². The average Bonchev–Trinajstić information content (AvgIpc) is 2.52. The summed E-state index contributed by atoms with van der Waals surface area (Å²) in [6.45, 7) is 8.38. The maximum atomic E-state index is 12.0. The first-order valence-electron chi connectivity index (χ1n) is 9.10. The van der Waals surface area contributed by atoms with Crippen molar-refractivity contribution in [1.82, 2.24) is 0 Å². The lowest BCUT2D eigenvalue weighted by Gasteiger charge is -2.57. The van der Waals surface area contributed by atoms with E-state index in [2.05, 4.69) is 13.5 Å². The Labute approximate surface area is 145 Å². The lowest BCUT2D eigenvalue weighted by atomic mass is 9.46. The largest absolute Gasteiger partial charge is 0.481 e. The van der Waals surface area contributed by atoms with E-state index in [0.29, 0.717) is 0 Å². The number of carbonyl (C=O) groups is 1. The molecule has 0 spiro atoms. The summed E-state index contributed by atoms with van der Waals surface area (Å²) in [6, 6.07) is 0. The van der Waals surface area contributed by atoms with E-state index in [9.17, 15) is 15.0 Å². The third-order valence-electron chi connectivity index (χ3n) is 6.85. The topological polar surface area (TPSA) is 77.8 Å². The van der Waals surface area contributed by atoms with Crippen LogP contribution in [0, 0.1) is 22.7 Å². The number of carboxylic acid groups (broad SMARTS) is 1. The minimum absolute atomic E-state index is 0.0350. The van der Waals surface area contributed by atoms with Crippen molar-refractivity contribution in [2.24, 2.45) is 22.7 Å². The van der Waals surface area contributed by atoms with Gasteiger partial charge < -0.3 is 15.3 Å². The summed E-state index contributed by atoms with van der Waals surface area (Å²) in [6.07, 6.45) is 7.82. The van der Waals surface area contributed by atoms with Crippen molar-refractivity contribution < 1.29 is 20.1 Å². The summed E-state index contributed by atoms with van der Waals surface area (Å²) in [5, 5.41) is 28.3. The monoisotopic (exact) mass is 336 g/mol. The third kappa shape index (κ3) is 3.31. The summed E-state index contributed by atoms with van der Waals surface area (Å²) in [5.74, 6) is -0.212. The first kappa shape index (κ1) is 19.2. The molecule has 2 saturated carbocycles. The summed E-state index contributed by atoms with van der Waals surface area (Å²) in [5.41, 5.74) is 1.39. The van der Waals surface area contributed by atoms with Crippen molar-refractivity contribution >= 4 is 5.97 Å². The number of hydrogen-bond donors (Lipinski definition) is 3. The standard InChI is InChI=1S/C20H32O4/c1-14-5-8-17-19(2,10-4-11-20(17,3)18(23)24)16(14)7-6-15(13-22)9-12-21/h9,16-17,21-22H,1,4-8,10-13H2,2-3H3,(H,23,24)/b15-9-/t16-,17+,19+,20+/m1/s1. The van der Waals surface area contributed by atoms with Crippen molar-refractivity contribution in [2.75, 3.05) is 13.2 Å². The van der Waals surface area contributed by atoms with Gasteiger partial charge in [-0.15, -0.1) is 0 Å². The summed E-state index contributed by atoms with van der Waals surface area (Å²) in [7, 11) is 0. The van der Waals surface area contributed by atoms with Crippen LogP contribution in [0.15, 0.2) is 23.8 Å². The molecule has 4 heteroatoms. The van der Waals surface area contributed by atoms with Gasteiger partial charge in [-0.2, -0.15) is 0 Å². The Hall–Kier alpha value is -1.13. The predicted octanol–water partition coefficient (Wildman–Crippen LogP) is 3.54. The molecular weight excluding hydrogens is 304 g/mol. The van der Waals surface area contributed by atoms with Crippen LogP contribution in [0.2, 0.25) is 0 Å². The molecule has 0 heterocycles. The first-order valence-corrected chi connectivity index (χ1v) is 9.10. The van der Waals surface area contributed by atoms with Crippen LogP contribution < -0.4 is 0 Å². The summed E-state index contributed by atoms with van der Waals surface area (Å²) in [4.78, 5) is 12.0. The van der Waals surface area contributed by atoms with Crippen molar-refractivity contribution in [1.29, 1.82) is 0 Å². The van der Waals surface area contributed by atoms with E-state index in [-0.39, 0.29) is 30.5 Å². The fourth-order valence-corrected chi connectivity index (χ4v) is 5.44. The Morgan fingerprint density at radius 3 is 2.62 bits per heavy atom. The van der Waals surface area contributed by atoms with Gasteiger partial charge in [0.25, 0.3) is 0 Å². The van der Waals surface area contributed by atoms with Crippen molar-refractivity contribution in [3.63, 3.8) is 0 Å². The molecule has 24 heavy (non-hydrogen) atoms. The van der Waals surface area contributed by atoms with Gasteiger partial charge in [-0.3, -0.25) is 4.79 Å². The van der Waals surface area contributed by atoms with Crippen molar-refractivity contribution in [2.45, 2.75) is 58.8 Å². The molecule has 0 aromatic heterocycles. The van der Waals surface area contributed by atoms with E-state index >= 15 is 0 Å². The molecule has 2 aliphatic rings. The number of aliphatic hydroxyl groups is 2. The van der Waals surface area contributed by atoms with Crippen LogP contribution in [0.5, 0.6) is 0 Å². The maximum Gasteiger partial charge on any atom is 0.309 e. The quantitative estimate of drug-likeness (QED) is 0.648. The van der Waals surface area contributed by atoms with Crippen LogP contribution in [0.25, 0.3) is 0 Å². The highest BCUT2D eigenvalue weighted by molar-refractivity contribution is 5.75. The molecule has 0 radical (unpaired) electrons. The zero-order valence-corrected chi connectivity index (χ0v) is 15.1. The third-order valence-corrected chi connectivity index (χ3v) is 6.85. The molecule has 0 amide bonds. The van der Waals surface area contributed by atoms with Gasteiger partial charge >= 0.3 is 5.97 Å². The molecule has 0 aromatic carbocycles. The molecule has 0 saturated heterocycles. The molecule has 4 nitrogen and oxygen atoms in total. The number of aliphatic hydroxyl groups excluding tert-OH is 2. The Morgan fingerprint density at radius 1 is 1.33 bits per heavy atom. The van der Waals surface area contributed by atoms with Gasteiger partial charge in [-0.1, -0.05) is 31.6 Å². The van der Waals surface area contributed by atoms with Crippen LogP contribution >= 0.6 is 0 Å². The van der Waals surface area contributed by atoms with E-state index in [1.54, 1.807) is 6.08 Å². The van der Waals surface area contributed by atoms with Gasteiger partial charge in [0.2, 0.25) is 0 Å². The van der Waals surface area contributed by atoms with E-state index < -0.39 is 11.4 Å². The highest BCUT2D eigenvalue weighted by Crippen LogP contribution is 2.62. The Balaban J connectivity index is 2.25. The second-order valence-electron chi connectivity index (χ2n) is 8.13. The Kier molecular flexibility index (Phi) is 5.92. The van der Waals surface area contributed by atoms with Gasteiger partial charge in [0.1, 0.15) is 0 Å². The van der Waals surface area contributed by atoms with Crippen molar-refractivity contribution in [3.8, 4) is 0 Å². The minimum Gasteiger partial charge on any atom is -0.481 e. The molecule has 0 aliphatic heterocycles. The molecule has 4 atom stereocenters. The highest BCUT2D eigenvalue weighted by atomic mass is 16.4. The number of fused-ring (bicyclic) bond motifs is 1. The van der Waals surface area contributed by atoms with E-state index in [1.165, 1.54) is 5.57 Å². The van der Waals surface area contributed by atoms with E-state index in [0.717, 1.165) is 50.5 Å². The first-order chi connectivity index (χ1) is 11.3. The van der Waals surface area contributed by atoms with Crippen LogP contribution in [0.3, 0.4) is 0 Å². The lowest BCUT2D eigenvalue weighted by Crippen LogP contribution is -2.53. The Morgan fingerprint density at radius 2 is 2.04 bits per heavy atom. The van der Waals surface area contributed by atoms with E-state index in [4.69, 9.17) is 5.11 Å². The zero-order valence-electron chi connectivity index (χ0n) is 15.1.